The number of hydrogen-bond donors (Lipinski definition) is 2. The molecule has 1 aromatic carbocycles. The van der Waals surface area contributed by atoms with Crippen molar-refractivity contribution in [3.05, 3.63) is 47.8 Å². The van der Waals surface area contributed by atoms with Crippen LogP contribution in [0, 0.1) is 0 Å². The van der Waals surface area contributed by atoms with E-state index in [1.54, 1.807) is 0 Å². The second-order valence-corrected chi connectivity index (χ2v) is 4.28. The molecule has 0 unspecified atom stereocenters. The van der Waals surface area contributed by atoms with Crippen molar-refractivity contribution < 1.29 is 14.7 Å². The quantitative estimate of drug-likeness (QED) is 0.869. The molecule has 2 rings (SSSR count). The lowest BCUT2D eigenvalue weighted by Gasteiger charge is -2.07. The fourth-order valence-corrected chi connectivity index (χ4v) is 1.80. The molecule has 0 fully saturated rings. The number of aromatic carboxylic acids is 1. The minimum atomic E-state index is -1.11. The first kappa shape index (κ1) is 13.8. The van der Waals surface area contributed by atoms with Gasteiger partial charge in [-0.25, -0.2) is 9.48 Å². The molecule has 0 spiro atoms. The Morgan fingerprint density at radius 1 is 1.25 bits per heavy atom. The topological polar surface area (TPSA) is 84.2 Å². The number of benzene rings is 1. The molecule has 2 aromatic rings. The van der Waals surface area contributed by atoms with Crippen molar-refractivity contribution in [2.24, 2.45) is 0 Å². The van der Waals surface area contributed by atoms with Crippen molar-refractivity contribution in [3.8, 4) is 0 Å². The van der Waals surface area contributed by atoms with Crippen molar-refractivity contribution in [2.75, 3.05) is 5.32 Å². The highest BCUT2D eigenvalue weighted by atomic mass is 16.4. The highest BCUT2D eigenvalue weighted by Gasteiger charge is 2.13. The largest absolute Gasteiger partial charge is 0.477 e. The molecule has 20 heavy (non-hydrogen) atoms. The van der Waals surface area contributed by atoms with Gasteiger partial charge in [0.1, 0.15) is 12.2 Å². The van der Waals surface area contributed by atoms with Crippen LogP contribution < -0.4 is 5.32 Å². The van der Waals surface area contributed by atoms with Crippen molar-refractivity contribution in [2.45, 2.75) is 19.9 Å². The van der Waals surface area contributed by atoms with Gasteiger partial charge in [-0.05, 0) is 30.2 Å². The summed E-state index contributed by atoms with van der Waals surface area (Å²) in [6.45, 7) is 1.92. The van der Waals surface area contributed by atoms with E-state index in [4.69, 9.17) is 5.11 Å². The van der Waals surface area contributed by atoms with Crippen molar-refractivity contribution in [1.82, 2.24) is 9.78 Å². The molecule has 6 heteroatoms. The van der Waals surface area contributed by atoms with E-state index in [-0.39, 0.29) is 18.1 Å². The molecule has 0 aliphatic rings. The predicted molar refractivity (Wildman–Crippen MR) is 73.6 cm³/mol. The minimum absolute atomic E-state index is 0.0125. The third-order valence-electron chi connectivity index (χ3n) is 2.87. The maximum atomic E-state index is 11.8. The van der Waals surface area contributed by atoms with E-state index in [0.29, 0.717) is 5.69 Å². The summed E-state index contributed by atoms with van der Waals surface area (Å²) in [5.41, 5.74) is 1.85. The van der Waals surface area contributed by atoms with Gasteiger partial charge >= 0.3 is 5.97 Å². The van der Waals surface area contributed by atoms with E-state index in [1.807, 2.05) is 24.3 Å². The summed E-state index contributed by atoms with van der Waals surface area (Å²) in [6, 6.07) is 8.86. The second kappa shape index (κ2) is 6.01. The van der Waals surface area contributed by atoms with Gasteiger partial charge in [-0.3, -0.25) is 4.79 Å². The van der Waals surface area contributed by atoms with Crippen LogP contribution in [0.3, 0.4) is 0 Å². The first-order valence-electron chi connectivity index (χ1n) is 6.24. The van der Waals surface area contributed by atoms with Gasteiger partial charge in [0.05, 0.1) is 0 Å². The fourth-order valence-electron chi connectivity index (χ4n) is 1.80. The highest BCUT2D eigenvalue weighted by molar-refractivity contribution is 5.91. The average molecular weight is 273 g/mol. The van der Waals surface area contributed by atoms with Crippen LogP contribution in [0.15, 0.2) is 36.5 Å². The number of anilines is 1. The Labute approximate surface area is 116 Å². The Hall–Kier alpha value is -2.63. The molecule has 1 aromatic heterocycles. The van der Waals surface area contributed by atoms with Gasteiger partial charge in [0.2, 0.25) is 5.91 Å². The smallest absolute Gasteiger partial charge is 0.354 e. The summed E-state index contributed by atoms with van der Waals surface area (Å²) >= 11 is 0. The fraction of sp³-hybridized carbons (Fsp3) is 0.214. The lowest BCUT2D eigenvalue weighted by molar-refractivity contribution is -0.116. The van der Waals surface area contributed by atoms with Gasteiger partial charge in [-0.15, -0.1) is 0 Å². The van der Waals surface area contributed by atoms with Crippen LogP contribution >= 0.6 is 0 Å². The molecular weight excluding hydrogens is 258 g/mol. The van der Waals surface area contributed by atoms with Gasteiger partial charge in [0.25, 0.3) is 0 Å². The Morgan fingerprint density at radius 3 is 2.55 bits per heavy atom. The van der Waals surface area contributed by atoms with Crippen LogP contribution in [0.4, 0.5) is 5.69 Å². The standard InChI is InChI=1S/C14H15N3O3/c1-2-10-3-5-11(6-4-10)16-13(18)9-17-12(14(19)20)7-8-15-17/h3-8H,2,9H2,1H3,(H,16,18)(H,19,20). The molecule has 0 atom stereocenters. The van der Waals surface area contributed by atoms with Crippen LogP contribution in [0.5, 0.6) is 0 Å². The molecule has 1 amide bonds. The van der Waals surface area contributed by atoms with E-state index >= 15 is 0 Å². The van der Waals surface area contributed by atoms with E-state index in [9.17, 15) is 9.59 Å². The van der Waals surface area contributed by atoms with Gasteiger partial charge in [0.15, 0.2) is 0 Å². The number of nitrogens with zero attached hydrogens (tertiary/aromatic N) is 2. The number of carbonyl (C=O) groups is 2. The normalized spacial score (nSPS) is 10.2. The lowest BCUT2D eigenvalue weighted by atomic mass is 10.1. The van der Waals surface area contributed by atoms with Crippen molar-refractivity contribution in [1.29, 1.82) is 0 Å². The summed E-state index contributed by atoms with van der Waals surface area (Å²) in [6.07, 6.45) is 2.29. The Kier molecular flexibility index (Phi) is 4.14. The third kappa shape index (κ3) is 3.23. The Balaban J connectivity index is 2.01. The average Bonchev–Trinajstić information content (AvgIpc) is 2.87. The summed E-state index contributed by atoms with van der Waals surface area (Å²) in [5, 5.41) is 15.4. The van der Waals surface area contributed by atoms with Gasteiger partial charge < -0.3 is 10.4 Å². The number of rotatable bonds is 5. The molecule has 0 radical (unpaired) electrons. The van der Waals surface area contributed by atoms with E-state index in [1.165, 1.54) is 17.8 Å². The van der Waals surface area contributed by atoms with E-state index in [2.05, 4.69) is 17.3 Å². The van der Waals surface area contributed by atoms with Crippen molar-refractivity contribution in [3.63, 3.8) is 0 Å². The number of amides is 1. The Morgan fingerprint density at radius 2 is 1.95 bits per heavy atom. The van der Waals surface area contributed by atoms with Gasteiger partial charge in [0, 0.05) is 11.9 Å². The maximum absolute atomic E-state index is 11.8. The highest BCUT2D eigenvalue weighted by Crippen LogP contribution is 2.10. The number of carbonyl (C=O) groups excluding carboxylic acids is 1. The number of carboxylic acid groups (broad SMARTS) is 1. The molecule has 0 aliphatic carbocycles. The van der Waals surface area contributed by atoms with Crippen LogP contribution in [0.1, 0.15) is 23.0 Å². The van der Waals surface area contributed by atoms with E-state index < -0.39 is 5.97 Å². The number of hydrogen-bond acceptors (Lipinski definition) is 3. The van der Waals surface area contributed by atoms with Crippen LogP contribution in [-0.2, 0) is 17.8 Å². The first-order valence-corrected chi connectivity index (χ1v) is 6.24. The Bertz CT molecular complexity index is 617. The zero-order valence-corrected chi connectivity index (χ0v) is 11.0. The molecule has 1 heterocycles. The number of aryl methyl sites for hydroxylation is 1. The summed E-state index contributed by atoms with van der Waals surface area (Å²) in [7, 11) is 0. The number of carboxylic acids is 1. The molecule has 6 nitrogen and oxygen atoms in total. The first-order chi connectivity index (χ1) is 9.60. The van der Waals surface area contributed by atoms with E-state index in [0.717, 1.165) is 11.1 Å². The monoisotopic (exact) mass is 273 g/mol. The number of aromatic nitrogens is 2. The summed E-state index contributed by atoms with van der Waals surface area (Å²) in [5.74, 6) is -1.43. The van der Waals surface area contributed by atoms with Crippen LogP contribution in [0.25, 0.3) is 0 Å². The molecule has 0 bridgehead atoms. The predicted octanol–water partition coefficient (Wildman–Crippen LogP) is 1.78. The molecule has 0 saturated heterocycles. The molecule has 2 N–H and O–H groups in total. The lowest BCUT2D eigenvalue weighted by Crippen LogP contribution is -2.22. The minimum Gasteiger partial charge on any atom is -0.477 e. The van der Waals surface area contributed by atoms with Crippen LogP contribution in [0.2, 0.25) is 0 Å². The number of nitrogens with one attached hydrogen (secondary N) is 1. The third-order valence-corrected chi connectivity index (χ3v) is 2.87. The molecule has 0 saturated carbocycles. The maximum Gasteiger partial charge on any atom is 0.354 e. The zero-order valence-electron chi connectivity index (χ0n) is 11.0. The summed E-state index contributed by atoms with van der Waals surface area (Å²) < 4.78 is 1.15. The van der Waals surface area contributed by atoms with Crippen molar-refractivity contribution >= 4 is 17.6 Å². The SMILES string of the molecule is CCc1ccc(NC(=O)Cn2nccc2C(=O)O)cc1. The molecule has 0 aliphatic heterocycles. The van der Waals surface area contributed by atoms with Gasteiger partial charge in [-0.2, -0.15) is 5.10 Å². The molecule has 104 valence electrons. The van der Waals surface area contributed by atoms with Gasteiger partial charge in [-0.1, -0.05) is 19.1 Å². The van der Waals surface area contributed by atoms with Crippen LogP contribution in [-0.4, -0.2) is 26.8 Å². The second-order valence-electron chi connectivity index (χ2n) is 4.28. The molecular formula is C14H15N3O3. The summed E-state index contributed by atoms with van der Waals surface area (Å²) in [4.78, 5) is 22.7. The zero-order chi connectivity index (χ0) is 14.5.